The summed E-state index contributed by atoms with van der Waals surface area (Å²) in [7, 11) is 0. The Labute approximate surface area is 198 Å². The molecule has 1 fully saturated rings. The number of halogens is 1. The van der Waals surface area contributed by atoms with E-state index in [0.717, 1.165) is 31.4 Å². The Balaban J connectivity index is 1.53. The van der Waals surface area contributed by atoms with E-state index < -0.39 is 6.03 Å². The Hall–Kier alpha value is -3.68. The van der Waals surface area contributed by atoms with E-state index in [1.807, 2.05) is 19.9 Å². The summed E-state index contributed by atoms with van der Waals surface area (Å²) in [5.41, 5.74) is 2.87. The fourth-order valence-electron chi connectivity index (χ4n) is 3.99. The lowest BCUT2D eigenvalue weighted by Gasteiger charge is -2.13. The summed E-state index contributed by atoms with van der Waals surface area (Å²) in [5, 5.41) is 20.7. The Morgan fingerprint density at radius 2 is 1.91 bits per heavy atom. The smallest absolute Gasteiger partial charge is 0.342 e. The van der Waals surface area contributed by atoms with Crippen molar-refractivity contribution in [3.05, 3.63) is 65.6 Å². The number of amides is 2. The van der Waals surface area contributed by atoms with Gasteiger partial charge in [-0.2, -0.15) is 9.78 Å². The van der Waals surface area contributed by atoms with Gasteiger partial charge in [0.25, 0.3) is 0 Å². The second-order valence-electron chi connectivity index (χ2n) is 8.66. The van der Waals surface area contributed by atoms with Gasteiger partial charge in [-0.15, -0.1) is 0 Å². The summed E-state index contributed by atoms with van der Waals surface area (Å²) in [6.45, 7) is 4.11. The van der Waals surface area contributed by atoms with Crippen LogP contribution in [0.2, 0.25) is 0 Å². The van der Waals surface area contributed by atoms with Gasteiger partial charge >= 0.3 is 6.03 Å². The van der Waals surface area contributed by atoms with Gasteiger partial charge in [0, 0.05) is 35.7 Å². The molecule has 2 aromatic carbocycles. The molecule has 0 aliphatic heterocycles. The van der Waals surface area contributed by atoms with E-state index in [1.165, 1.54) is 22.9 Å². The van der Waals surface area contributed by atoms with Gasteiger partial charge in [0.1, 0.15) is 11.6 Å². The zero-order chi connectivity index (χ0) is 24.2. The van der Waals surface area contributed by atoms with Gasteiger partial charge in [-0.1, -0.05) is 26.0 Å². The van der Waals surface area contributed by atoms with Crippen molar-refractivity contribution < 1.29 is 19.1 Å². The van der Waals surface area contributed by atoms with Gasteiger partial charge in [-0.25, -0.2) is 9.18 Å². The molecule has 3 aromatic rings. The van der Waals surface area contributed by atoms with E-state index in [9.17, 15) is 19.1 Å². The molecule has 0 unspecified atom stereocenters. The number of phenolic OH excluding ortho intramolecular Hbond substituents is 1. The summed E-state index contributed by atoms with van der Waals surface area (Å²) in [6, 6.07) is 12.4. The van der Waals surface area contributed by atoms with Crippen molar-refractivity contribution in [2.24, 2.45) is 5.92 Å². The summed E-state index contributed by atoms with van der Waals surface area (Å²) in [5.74, 6) is -0.310. The maximum absolute atomic E-state index is 13.4. The van der Waals surface area contributed by atoms with Crippen molar-refractivity contribution in [1.82, 2.24) is 15.1 Å². The molecule has 2 amide bonds. The predicted molar refractivity (Wildman–Crippen MR) is 128 cm³/mol. The number of aromatic hydroxyl groups is 1. The molecule has 1 saturated carbocycles. The number of benzene rings is 2. The number of phenols is 1. The first kappa shape index (κ1) is 23.5. The standard InChI is InChI=1S/C26H29FN4O3/c1-3-17(4-2)25(33)29-20-10-11-21(24(32)13-20)22-14-23(18-8-9-18)31(30-22)26(34)28-15-16-6-5-7-19(27)12-16/h5-7,10-14,17-18,32H,3-4,8-9,15H2,1-2H3,(H,28,34)(H,29,33). The third-order valence-electron chi connectivity index (χ3n) is 6.16. The zero-order valence-corrected chi connectivity index (χ0v) is 19.3. The number of aromatic nitrogens is 2. The molecule has 0 saturated heterocycles. The molecule has 1 heterocycles. The lowest BCUT2D eigenvalue weighted by atomic mass is 10.0. The molecule has 1 aliphatic carbocycles. The first-order valence-corrected chi connectivity index (χ1v) is 11.7. The Morgan fingerprint density at radius 1 is 1.15 bits per heavy atom. The average molecular weight is 465 g/mol. The van der Waals surface area contributed by atoms with Gasteiger partial charge in [0.2, 0.25) is 5.91 Å². The van der Waals surface area contributed by atoms with Crippen LogP contribution in [0.5, 0.6) is 5.75 Å². The van der Waals surface area contributed by atoms with Crippen LogP contribution in [0.3, 0.4) is 0 Å². The molecule has 8 heteroatoms. The summed E-state index contributed by atoms with van der Waals surface area (Å²) < 4.78 is 14.7. The van der Waals surface area contributed by atoms with Crippen molar-refractivity contribution in [3.8, 4) is 17.0 Å². The van der Waals surface area contributed by atoms with Crippen LogP contribution in [0.4, 0.5) is 14.9 Å². The number of carbonyl (C=O) groups excluding carboxylic acids is 2. The van der Waals surface area contributed by atoms with Crippen molar-refractivity contribution in [2.45, 2.75) is 52.0 Å². The van der Waals surface area contributed by atoms with Crippen LogP contribution in [-0.2, 0) is 11.3 Å². The fraction of sp³-hybridized carbons (Fsp3) is 0.346. The largest absolute Gasteiger partial charge is 0.507 e. The van der Waals surface area contributed by atoms with Gasteiger partial charge in [-0.3, -0.25) is 4.79 Å². The molecule has 0 spiro atoms. The van der Waals surface area contributed by atoms with Crippen LogP contribution in [0, 0.1) is 11.7 Å². The van der Waals surface area contributed by atoms with Gasteiger partial charge < -0.3 is 15.7 Å². The normalized spacial score (nSPS) is 13.2. The highest BCUT2D eigenvalue weighted by molar-refractivity contribution is 5.93. The summed E-state index contributed by atoms with van der Waals surface area (Å²) in [4.78, 5) is 25.2. The van der Waals surface area contributed by atoms with Crippen molar-refractivity contribution in [1.29, 1.82) is 0 Å². The molecule has 0 bridgehead atoms. The third kappa shape index (κ3) is 5.27. The first-order valence-electron chi connectivity index (χ1n) is 11.7. The monoisotopic (exact) mass is 464 g/mol. The number of nitrogens with zero attached hydrogens (tertiary/aromatic N) is 2. The van der Waals surface area contributed by atoms with Crippen LogP contribution in [0.1, 0.15) is 56.7 Å². The Bertz CT molecular complexity index is 1200. The van der Waals surface area contributed by atoms with Crippen LogP contribution in [-0.4, -0.2) is 26.8 Å². The third-order valence-corrected chi connectivity index (χ3v) is 6.16. The molecule has 4 rings (SSSR count). The number of rotatable bonds is 8. The number of hydrogen-bond donors (Lipinski definition) is 3. The van der Waals surface area contributed by atoms with Gasteiger partial charge in [0.15, 0.2) is 0 Å². The van der Waals surface area contributed by atoms with E-state index >= 15 is 0 Å². The van der Waals surface area contributed by atoms with E-state index in [-0.39, 0.29) is 35.9 Å². The molecule has 0 radical (unpaired) electrons. The van der Waals surface area contributed by atoms with Gasteiger partial charge in [0.05, 0.1) is 11.4 Å². The maximum Gasteiger partial charge on any atom is 0.342 e. The lowest BCUT2D eigenvalue weighted by molar-refractivity contribution is -0.120. The predicted octanol–water partition coefficient (Wildman–Crippen LogP) is 5.40. The van der Waals surface area contributed by atoms with Gasteiger partial charge in [-0.05, 0) is 61.6 Å². The molecule has 1 aromatic heterocycles. The quantitative estimate of drug-likeness (QED) is 0.416. The van der Waals surface area contributed by atoms with Crippen LogP contribution in [0.15, 0.2) is 48.5 Å². The molecule has 178 valence electrons. The number of anilines is 1. The van der Waals surface area contributed by atoms with E-state index in [0.29, 0.717) is 22.5 Å². The van der Waals surface area contributed by atoms with E-state index in [4.69, 9.17) is 0 Å². The minimum absolute atomic E-state index is 0.0329. The topological polar surface area (TPSA) is 96.3 Å². The molecular weight excluding hydrogens is 435 g/mol. The highest BCUT2D eigenvalue weighted by Gasteiger charge is 2.30. The van der Waals surface area contributed by atoms with Crippen molar-refractivity contribution >= 4 is 17.6 Å². The Kier molecular flexibility index (Phi) is 6.95. The van der Waals surface area contributed by atoms with Crippen LogP contribution in [0.25, 0.3) is 11.3 Å². The first-order chi connectivity index (χ1) is 16.4. The zero-order valence-electron chi connectivity index (χ0n) is 19.3. The minimum Gasteiger partial charge on any atom is -0.507 e. The average Bonchev–Trinajstić information content (AvgIpc) is 3.57. The SMILES string of the molecule is CCC(CC)C(=O)Nc1ccc(-c2cc(C3CC3)n(C(=O)NCc3cccc(F)c3)n2)c(O)c1. The second-order valence-corrected chi connectivity index (χ2v) is 8.66. The molecular formula is C26H29FN4O3. The molecule has 7 nitrogen and oxygen atoms in total. The summed E-state index contributed by atoms with van der Waals surface area (Å²) >= 11 is 0. The number of carbonyl (C=O) groups is 2. The highest BCUT2D eigenvalue weighted by Crippen LogP contribution is 2.42. The van der Waals surface area contributed by atoms with Crippen LogP contribution < -0.4 is 10.6 Å². The highest BCUT2D eigenvalue weighted by atomic mass is 19.1. The minimum atomic E-state index is -0.411. The summed E-state index contributed by atoms with van der Waals surface area (Å²) in [6.07, 6.45) is 3.43. The van der Waals surface area contributed by atoms with E-state index in [2.05, 4.69) is 15.7 Å². The fourth-order valence-corrected chi connectivity index (χ4v) is 3.99. The number of nitrogens with one attached hydrogen (secondary N) is 2. The van der Waals surface area contributed by atoms with E-state index in [1.54, 1.807) is 24.3 Å². The molecule has 3 N–H and O–H groups in total. The lowest BCUT2D eigenvalue weighted by Crippen LogP contribution is -2.30. The van der Waals surface area contributed by atoms with Crippen molar-refractivity contribution in [2.75, 3.05) is 5.32 Å². The number of hydrogen-bond acceptors (Lipinski definition) is 4. The molecule has 0 atom stereocenters. The Morgan fingerprint density at radius 3 is 2.56 bits per heavy atom. The van der Waals surface area contributed by atoms with Crippen LogP contribution >= 0.6 is 0 Å². The molecule has 1 aliphatic rings. The van der Waals surface area contributed by atoms with Crippen molar-refractivity contribution in [3.63, 3.8) is 0 Å². The second kappa shape index (κ2) is 10.1. The molecule has 34 heavy (non-hydrogen) atoms. The maximum atomic E-state index is 13.4.